The minimum absolute atomic E-state index is 0.0437. The fourth-order valence-electron chi connectivity index (χ4n) is 1.86. The number of alkyl halides is 3. The Hall–Kier alpha value is -1.27. The molecule has 0 spiro atoms. The van der Waals surface area contributed by atoms with Crippen molar-refractivity contribution in [2.45, 2.75) is 38.0 Å². The average molecular weight is 303 g/mol. The van der Waals surface area contributed by atoms with Crippen LogP contribution in [0, 0.1) is 0 Å². The molecule has 0 aromatic heterocycles. The van der Waals surface area contributed by atoms with Gasteiger partial charge in [0.15, 0.2) is 0 Å². The predicted molar refractivity (Wildman–Crippen MR) is 73.3 cm³/mol. The fraction of sp³-hybridized carbons (Fsp3) is 0.600. The zero-order valence-corrected chi connectivity index (χ0v) is 11.8. The summed E-state index contributed by atoms with van der Waals surface area (Å²) < 4.78 is 45.8. The third-order valence-electron chi connectivity index (χ3n) is 3.09. The van der Waals surface area contributed by atoms with Crippen LogP contribution in [-0.4, -0.2) is 32.0 Å². The van der Waals surface area contributed by atoms with Crippen LogP contribution in [0.1, 0.15) is 24.8 Å². The summed E-state index contributed by atoms with van der Waals surface area (Å²) in [5.74, 6) is 0.779. The minimum Gasteiger partial charge on any atom is -0.493 e. The topological polar surface area (TPSA) is 30.5 Å². The molecule has 1 aliphatic rings. The lowest BCUT2D eigenvalue weighted by Crippen LogP contribution is -2.18. The van der Waals surface area contributed by atoms with Crippen molar-refractivity contribution in [2.24, 2.45) is 0 Å². The van der Waals surface area contributed by atoms with Crippen molar-refractivity contribution < 1.29 is 22.6 Å². The number of nitrogens with one attached hydrogen (secondary N) is 1. The van der Waals surface area contributed by atoms with Gasteiger partial charge in [-0.3, -0.25) is 0 Å². The van der Waals surface area contributed by atoms with Crippen LogP contribution in [0.5, 0.6) is 5.75 Å². The lowest BCUT2D eigenvalue weighted by Gasteiger charge is -2.12. The Labute approximate surface area is 122 Å². The molecule has 1 aromatic rings. The van der Waals surface area contributed by atoms with Crippen LogP contribution in [0.2, 0.25) is 0 Å². The maximum Gasteiger partial charge on any atom is 0.411 e. The molecule has 0 bridgehead atoms. The van der Waals surface area contributed by atoms with Gasteiger partial charge in [0.2, 0.25) is 0 Å². The van der Waals surface area contributed by atoms with Gasteiger partial charge < -0.3 is 14.8 Å². The molecule has 0 aliphatic heterocycles. The highest BCUT2D eigenvalue weighted by molar-refractivity contribution is 5.33. The number of rotatable bonds is 9. The fourth-order valence-corrected chi connectivity index (χ4v) is 1.86. The first kappa shape index (κ1) is 16.1. The normalized spacial score (nSPS) is 15.2. The largest absolute Gasteiger partial charge is 0.493 e. The lowest BCUT2D eigenvalue weighted by atomic mass is 10.2. The van der Waals surface area contributed by atoms with E-state index in [9.17, 15) is 13.2 Å². The molecule has 2 rings (SSSR count). The molecule has 0 unspecified atom stereocenters. The SMILES string of the molecule is FC(F)(F)COCCCOc1ccccc1CNC1CC1. The molecule has 3 nitrogen and oxygen atoms in total. The zero-order valence-electron chi connectivity index (χ0n) is 11.8. The molecule has 21 heavy (non-hydrogen) atoms. The number of ether oxygens (including phenoxy) is 2. The highest BCUT2D eigenvalue weighted by Gasteiger charge is 2.27. The molecule has 1 saturated carbocycles. The van der Waals surface area contributed by atoms with Crippen LogP contribution >= 0.6 is 0 Å². The van der Waals surface area contributed by atoms with Gasteiger partial charge in [-0.15, -0.1) is 0 Å². The molecular formula is C15H20F3NO2. The molecule has 1 aromatic carbocycles. The van der Waals surface area contributed by atoms with Crippen LogP contribution < -0.4 is 10.1 Å². The number of hydrogen-bond acceptors (Lipinski definition) is 3. The Balaban J connectivity index is 1.65. The maximum atomic E-state index is 11.9. The van der Waals surface area contributed by atoms with Crippen molar-refractivity contribution in [3.05, 3.63) is 29.8 Å². The van der Waals surface area contributed by atoms with E-state index in [0.717, 1.165) is 17.9 Å². The molecule has 1 fully saturated rings. The summed E-state index contributed by atoms with van der Waals surface area (Å²) >= 11 is 0. The first-order valence-electron chi connectivity index (χ1n) is 7.13. The number of hydrogen-bond donors (Lipinski definition) is 1. The van der Waals surface area contributed by atoms with Crippen molar-refractivity contribution in [1.29, 1.82) is 0 Å². The monoisotopic (exact) mass is 303 g/mol. The Kier molecular flexibility index (Phi) is 5.87. The first-order chi connectivity index (χ1) is 10.0. The van der Waals surface area contributed by atoms with E-state index in [2.05, 4.69) is 10.1 Å². The van der Waals surface area contributed by atoms with Gasteiger partial charge in [0.1, 0.15) is 12.4 Å². The number of para-hydroxylation sites is 1. The first-order valence-corrected chi connectivity index (χ1v) is 7.13. The van der Waals surface area contributed by atoms with E-state index in [1.165, 1.54) is 12.8 Å². The third kappa shape index (κ3) is 6.82. The summed E-state index contributed by atoms with van der Waals surface area (Å²) in [6.07, 6.45) is -1.39. The quantitative estimate of drug-likeness (QED) is 0.710. The molecule has 118 valence electrons. The van der Waals surface area contributed by atoms with E-state index < -0.39 is 12.8 Å². The van der Waals surface area contributed by atoms with Crippen molar-refractivity contribution >= 4 is 0 Å². The molecule has 0 heterocycles. The van der Waals surface area contributed by atoms with Gasteiger partial charge in [0, 0.05) is 24.6 Å². The summed E-state index contributed by atoms with van der Waals surface area (Å²) in [6, 6.07) is 8.32. The summed E-state index contributed by atoms with van der Waals surface area (Å²) in [5.41, 5.74) is 1.07. The smallest absolute Gasteiger partial charge is 0.411 e. The van der Waals surface area contributed by atoms with Crippen LogP contribution in [0.25, 0.3) is 0 Å². The van der Waals surface area contributed by atoms with Crippen LogP contribution in [0.3, 0.4) is 0 Å². The highest BCUT2D eigenvalue weighted by atomic mass is 19.4. The van der Waals surface area contributed by atoms with Gasteiger partial charge in [-0.25, -0.2) is 0 Å². The summed E-state index contributed by atoms with van der Waals surface area (Å²) in [5, 5.41) is 3.41. The van der Waals surface area contributed by atoms with E-state index >= 15 is 0 Å². The standard InChI is InChI=1S/C15H20F3NO2/c16-15(17,18)11-20-8-3-9-21-14-5-2-1-4-12(14)10-19-13-6-7-13/h1-2,4-5,13,19H,3,6-11H2. The molecule has 0 amide bonds. The molecule has 6 heteroatoms. The Morgan fingerprint density at radius 3 is 2.62 bits per heavy atom. The van der Waals surface area contributed by atoms with Crippen LogP contribution in [0.4, 0.5) is 13.2 Å². The second kappa shape index (κ2) is 7.66. The average Bonchev–Trinajstić information content (AvgIpc) is 3.24. The van der Waals surface area contributed by atoms with Gasteiger partial charge >= 0.3 is 6.18 Å². The van der Waals surface area contributed by atoms with E-state index in [1.807, 2.05) is 24.3 Å². The van der Waals surface area contributed by atoms with Crippen LogP contribution in [-0.2, 0) is 11.3 Å². The lowest BCUT2D eigenvalue weighted by molar-refractivity contribution is -0.174. The molecule has 1 aliphatic carbocycles. The molecule has 0 saturated heterocycles. The van der Waals surface area contributed by atoms with Crippen molar-refractivity contribution in [3.63, 3.8) is 0 Å². The van der Waals surface area contributed by atoms with Crippen molar-refractivity contribution in [3.8, 4) is 5.75 Å². The maximum absolute atomic E-state index is 11.9. The zero-order chi connectivity index (χ0) is 15.1. The van der Waals surface area contributed by atoms with Crippen molar-refractivity contribution in [1.82, 2.24) is 5.32 Å². The molecule has 1 N–H and O–H groups in total. The number of benzene rings is 1. The molecular weight excluding hydrogens is 283 g/mol. The van der Waals surface area contributed by atoms with E-state index in [-0.39, 0.29) is 6.61 Å². The molecule has 0 radical (unpaired) electrons. The van der Waals surface area contributed by atoms with E-state index in [4.69, 9.17) is 4.74 Å². The van der Waals surface area contributed by atoms with E-state index in [0.29, 0.717) is 19.1 Å². The molecule has 0 atom stereocenters. The Morgan fingerprint density at radius 1 is 1.14 bits per heavy atom. The van der Waals surface area contributed by atoms with Gasteiger partial charge in [0.25, 0.3) is 0 Å². The summed E-state index contributed by atoms with van der Waals surface area (Å²) in [7, 11) is 0. The van der Waals surface area contributed by atoms with Gasteiger partial charge in [0.05, 0.1) is 13.2 Å². The highest BCUT2D eigenvalue weighted by Crippen LogP contribution is 2.22. The second-order valence-electron chi connectivity index (χ2n) is 5.13. The minimum atomic E-state index is -4.26. The second-order valence-corrected chi connectivity index (χ2v) is 5.13. The van der Waals surface area contributed by atoms with Crippen molar-refractivity contribution in [2.75, 3.05) is 19.8 Å². The van der Waals surface area contributed by atoms with Gasteiger partial charge in [-0.1, -0.05) is 18.2 Å². The summed E-state index contributed by atoms with van der Waals surface area (Å²) in [6.45, 7) is -0.0550. The summed E-state index contributed by atoms with van der Waals surface area (Å²) in [4.78, 5) is 0. The Morgan fingerprint density at radius 2 is 1.90 bits per heavy atom. The predicted octanol–water partition coefficient (Wildman–Crippen LogP) is 3.29. The third-order valence-corrected chi connectivity index (χ3v) is 3.09. The van der Waals surface area contributed by atoms with Gasteiger partial charge in [-0.05, 0) is 18.9 Å². The van der Waals surface area contributed by atoms with Gasteiger partial charge in [-0.2, -0.15) is 13.2 Å². The Bertz CT molecular complexity index is 433. The number of halogens is 3. The van der Waals surface area contributed by atoms with Crippen LogP contribution in [0.15, 0.2) is 24.3 Å². The van der Waals surface area contributed by atoms with E-state index in [1.54, 1.807) is 0 Å².